The summed E-state index contributed by atoms with van der Waals surface area (Å²) in [7, 11) is 0. The summed E-state index contributed by atoms with van der Waals surface area (Å²) in [6.07, 6.45) is 2.96. The summed E-state index contributed by atoms with van der Waals surface area (Å²) in [6.45, 7) is 6.05. The summed E-state index contributed by atoms with van der Waals surface area (Å²) in [5, 5.41) is 12.4. The van der Waals surface area contributed by atoms with Crippen LogP contribution >= 0.6 is 0 Å². The highest BCUT2D eigenvalue weighted by Crippen LogP contribution is 2.33. The zero-order valence-corrected chi connectivity index (χ0v) is 21.4. The number of halogens is 1. The van der Waals surface area contributed by atoms with Crippen molar-refractivity contribution >= 4 is 34.6 Å². The molecule has 39 heavy (non-hydrogen) atoms. The van der Waals surface area contributed by atoms with E-state index in [-0.39, 0.29) is 17.4 Å². The molecule has 3 heterocycles. The van der Waals surface area contributed by atoms with Crippen molar-refractivity contribution in [1.82, 2.24) is 24.8 Å². The van der Waals surface area contributed by atoms with E-state index in [0.29, 0.717) is 54.2 Å². The number of rotatable bonds is 7. The first-order valence-corrected chi connectivity index (χ1v) is 12.5. The maximum absolute atomic E-state index is 14.0. The number of amides is 3. The molecule has 1 aliphatic heterocycles. The van der Waals surface area contributed by atoms with E-state index in [0.717, 1.165) is 18.7 Å². The minimum absolute atomic E-state index is 0.0872. The predicted octanol–water partition coefficient (Wildman–Crippen LogP) is 3.13. The van der Waals surface area contributed by atoms with Gasteiger partial charge in [0.05, 0.1) is 24.5 Å². The zero-order valence-electron chi connectivity index (χ0n) is 21.4. The SMILES string of the molecule is Cc1ccc(F)c(NC(=O)Nc2ccc(-c3c(C(=O)NCCN4CCOCC4)cn4ncnc(N)c34)cc2)c1. The smallest absolute Gasteiger partial charge is 0.323 e. The van der Waals surface area contributed by atoms with E-state index in [1.54, 1.807) is 42.6 Å². The average Bonchev–Trinajstić information content (AvgIpc) is 3.33. The van der Waals surface area contributed by atoms with E-state index in [4.69, 9.17) is 10.5 Å². The van der Waals surface area contributed by atoms with Gasteiger partial charge >= 0.3 is 6.03 Å². The third-order valence-electron chi connectivity index (χ3n) is 6.47. The lowest BCUT2D eigenvalue weighted by atomic mass is 10.0. The van der Waals surface area contributed by atoms with Crippen LogP contribution < -0.4 is 21.7 Å². The standard InChI is InChI=1S/C27H29FN8O3/c1-17-2-7-21(28)22(14-17)34-27(38)33-19-5-3-18(4-6-19)23-20(15-36-24(23)25(29)31-16-32-36)26(37)30-8-9-35-10-12-39-13-11-35/h2-7,14-16H,8-13H2,1H3,(H,30,37)(H2,29,31,32)(H2,33,34,38). The fourth-order valence-corrected chi connectivity index (χ4v) is 4.49. The van der Waals surface area contributed by atoms with Crippen molar-refractivity contribution in [1.29, 1.82) is 0 Å². The van der Waals surface area contributed by atoms with Gasteiger partial charge in [-0.15, -0.1) is 0 Å². The molecule has 1 aliphatic rings. The molecule has 0 unspecified atom stereocenters. The Bertz CT molecular complexity index is 1500. The number of ether oxygens (including phenoxy) is 1. The number of carbonyl (C=O) groups excluding carboxylic acids is 2. The summed E-state index contributed by atoms with van der Waals surface area (Å²) in [4.78, 5) is 32.0. The van der Waals surface area contributed by atoms with Gasteiger partial charge in [0.25, 0.3) is 5.91 Å². The number of urea groups is 1. The Balaban J connectivity index is 1.34. The number of aromatic nitrogens is 3. The minimum Gasteiger partial charge on any atom is -0.382 e. The molecule has 4 aromatic rings. The fourth-order valence-electron chi connectivity index (χ4n) is 4.49. The highest BCUT2D eigenvalue weighted by Gasteiger charge is 2.22. The number of nitrogen functional groups attached to an aromatic ring is 1. The van der Waals surface area contributed by atoms with Crippen LogP contribution in [-0.2, 0) is 4.74 Å². The van der Waals surface area contributed by atoms with Crippen LogP contribution in [0.3, 0.4) is 0 Å². The molecule has 1 saturated heterocycles. The number of nitrogens with zero attached hydrogens (tertiary/aromatic N) is 4. The lowest BCUT2D eigenvalue weighted by Crippen LogP contribution is -2.41. The molecule has 0 spiro atoms. The van der Waals surface area contributed by atoms with E-state index in [2.05, 4.69) is 30.9 Å². The normalized spacial score (nSPS) is 13.8. The maximum Gasteiger partial charge on any atom is 0.323 e. The van der Waals surface area contributed by atoms with Gasteiger partial charge in [-0.1, -0.05) is 18.2 Å². The summed E-state index contributed by atoms with van der Waals surface area (Å²) in [5.41, 5.74) is 9.74. The van der Waals surface area contributed by atoms with Gasteiger partial charge in [0.1, 0.15) is 17.7 Å². The molecule has 202 valence electrons. The number of anilines is 3. The van der Waals surface area contributed by atoms with Gasteiger partial charge in [-0.05, 0) is 42.3 Å². The number of aryl methyl sites for hydroxylation is 1. The molecular weight excluding hydrogens is 503 g/mol. The third-order valence-corrected chi connectivity index (χ3v) is 6.47. The van der Waals surface area contributed by atoms with Crippen molar-refractivity contribution in [3.05, 3.63) is 71.9 Å². The predicted molar refractivity (Wildman–Crippen MR) is 146 cm³/mol. The van der Waals surface area contributed by atoms with Gasteiger partial charge in [-0.25, -0.2) is 18.7 Å². The highest BCUT2D eigenvalue weighted by atomic mass is 19.1. The monoisotopic (exact) mass is 532 g/mol. The van der Waals surface area contributed by atoms with Gasteiger partial charge in [0.2, 0.25) is 0 Å². The van der Waals surface area contributed by atoms with Gasteiger partial charge in [0.15, 0.2) is 5.82 Å². The Morgan fingerprint density at radius 1 is 1.10 bits per heavy atom. The average molecular weight is 533 g/mol. The summed E-state index contributed by atoms with van der Waals surface area (Å²) in [5.74, 6) is -0.554. The molecule has 0 aliphatic carbocycles. The minimum atomic E-state index is -0.584. The molecule has 1 fully saturated rings. The van der Waals surface area contributed by atoms with Crippen LogP contribution in [0.4, 0.5) is 26.4 Å². The molecule has 3 amide bonds. The molecule has 0 bridgehead atoms. The number of nitrogens with one attached hydrogen (secondary N) is 3. The Morgan fingerprint density at radius 3 is 2.64 bits per heavy atom. The van der Waals surface area contributed by atoms with Gasteiger partial charge in [-0.2, -0.15) is 5.10 Å². The molecule has 0 saturated carbocycles. The first-order chi connectivity index (χ1) is 18.9. The van der Waals surface area contributed by atoms with Gasteiger partial charge in [0, 0.05) is 43.6 Å². The van der Waals surface area contributed by atoms with Crippen molar-refractivity contribution in [2.75, 3.05) is 55.8 Å². The number of morpholine rings is 1. The first-order valence-electron chi connectivity index (χ1n) is 12.5. The van der Waals surface area contributed by atoms with E-state index in [1.165, 1.54) is 16.9 Å². The summed E-state index contributed by atoms with van der Waals surface area (Å²) < 4.78 is 20.9. The second-order valence-corrected chi connectivity index (χ2v) is 9.21. The van der Waals surface area contributed by atoms with E-state index >= 15 is 0 Å². The van der Waals surface area contributed by atoms with Crippen LogP contribution in [0.15, 0.2) is 55.0 Å². The molecule has 5 rings (SSSR count). The van der Waals surface area contributed by atoms with Crippen LogP contribution in [0.2, 0.25) is 0 Å². The van der Waals surface area contributed by atoms with Crippen LogP contribution in [-0.4, -0.2) is 70.8 Å². The van der Waals surface area contributed by atoms with Crippen molar-refractivity contribution in [2.45, 2.75) is 6.92 Å². The summed E-state index contributed by atoms with van der Waals surface area (Å²) >= 11 is 0. The molecule has 2 aromatic carbocycles. The molecular formula is C27H29FN8O3. The molecule has 12 heteroatoms. The van der Waals surface area contributed by atoms with E-state index in [9.17, 15) is 14.0 Å². The maximum atomic E-state index is 14.0. The zero-order chi connectivity index (χ0) is 27.4. The van der Waals surface area contributed by atoms with Crippen molar-refractivity contribution in [3.8, 4) is 11.1 Å². The Labute approximate surface area is 224 Å². The number of carbonyl (C=O) groups is 2. The Morgan fingerprint density at radius 2 is 1.87 bits per heavy atom. The molecule has 0 atom stereocenters. The lowest BCUT2D eigenvalue weighted by molar-refractivity contribution is 0.0383. The van der Waals surface area contributed by atoms with Crippen LogP contribution in [0, 0.1) is 12.7 Å². The van der Waals surface area contributed by atoms with Crippen LogP contribution in [0.25, 0.3) is 16.6 Å². The van der Waals surface area contributed by atoms with E-state index < -0.39 is 11.8 Å². The largest absolute Gasteiger partial charge is 0.382 e. The second-order valence-electron chi connectivity index (χ2n) is 9.21. The van der Waals surface area contributed by atoms with Crippen LogP contribution in [0.1, 0.15) is 15.9 Å². The molecule has 0 radical (unpaired) electrons. The topological polar surface area (TPSA) is 139 Å². The molecule has 5 N–H and O–H groups in total. The first kappa shape index (κ1) is 26.1. The fraction of sp³-hybridized carbons (Fsp3) is 0.259. The number of hydrogen-bond acceptors (Lipinski definition) is 7. The van der Waals surface area contributed by atoms with Crippen molar-refractivity contribution < 1.29 is 18.7 Å². The van der Waals surface area contributed by atoms with Gasteiger partial charge in [-0.3, -0.25) is 9.69 Å². The Kier molecular flexibility index (Phi) is 7.66. The summed E-state index contributed by atoms with van der Waals surface area (Å²) in [6, 6.07) is 10.8. The number of nitrogens with two attached hydrogens (primary N) is 1. The third kappa shape index (κ3) is 5.97. The second kappa shape index (κ2) is 11.5. The van der Waals surface area contributed by atoms with E-state index in [1.807, 2.05) is 6.92 Å². The number of hydrogen-bond donors (Lipinski definition) is 4. The highest BCUT2D eigenvalue weighted by molar-refractivity contribution is 6.07. The van der Waals surface area contributed by atoms with Gasteiger partial charge < -0.3 is 26.4 Å². The Hall–Kier alpha value is -4.55. The molecule has 2 aromatic heterocycles. The van der Waals surface area contributed by atoms with Crippen LogP contribution in [0.5, 0.6) is 0 Å². The lowest BCUT2D eigenvalue weighted by Gasteiger charge is -2.26. The van der Waals surface area contributed by atoms with Crippen molar-refractivity contribution in [2.24, 2.45) is 0 Å². The molecule has 11 nitrogen and oxygen atoms in total. The van der Waals surface area contributed by atoms with Crippen molar-refractivity contribution in [3.63, 3.8) is 0 Å². The quantitative estimate of drug-likeness (QED) is 0.287. The number of fused-ring (bicyclic) bond motifs is 1. The number of benzene rings is 2.